The molecule has 2 aromatic rings. The van der Waals surface area contributed by atoms with Gasteiger partial charge in [0.2, 0.25) is 5.91 Å². The van der Waals surface area contributed by atoms with Crippen LogP contribution >= 0.6 is 0 Å². The molecule has 0 aliphatic carbocycles. The van der Waals surface area contributed by atoms with E-state index < -0.39 is 0 Å². The molecule has 0 spiro atoms. The highest BCUT2D eigenvalue weighted by Crippen LogP contribution is 2.26. The maximum absolute atomic E-state index is 12.4. The Morgan fingerprint density at radius 1 is 1.12 bits per heavy atom. The van der Waals surface area contributed by atoms with Gasteiger partial charge in [-0.2, -0.15) is 0 Å². The van der Waals surface area contributed by atoms with E-state index in [0.29, 0.717) is 12.3 Å². The number of hydrogen-bond acceptors (Lipinski definition) is 3. The number of aryl methyl sites for hydroxylation is 2. The number of esters is 1. The molecular weight excluding hydrogens is 314 g/mol. The summed E-state index contributed by atoms with van der Waals surface area (Å²) in [5.41, 5.74) is 3.76. The maximum Gasteiger partial charge on any atom is 0.308 e. The predicted molar refractivity (Wildman–Crippen MR) is 99.2 cm³/mol. The number of carbonyl (C=O) groups is 2. The zero-order chi connectivity index (χ0) is 18.4. The van der Waals surface area contributed by atoms with E-state index in [-0.39, 0.29) is 11.9 Å². The van der Waals surface area contributed by atoms with Gasteiger partial charge in [0.25, 0.3) is 0 Å². The minimum atomic E-state index is -0.382. The summed E-state index contributed by atoms with van der Waals surface area (Å²) < 4.78 is 5.28. The third-order valence-electron chi connectivity index (χ3n) is 3.78. The van der Waals surface area contributed by atoms with E-state index in [1.807, 2.05) is 50.2 Å². The molecule has 1 amide bonds. The lowest BCUT2D eigenvalue weighted by molar-refractivity contribution is -0.132. The molecule has 0 N–H and O–H groups in total. The number of likely N-dealkylation sites (N-methyl/N-ethyl adjacent to an activating group) is 1. The molecule has 0 aliphatic rings. The molecule has 0 heterocycles. The van der Waals surface area contributed by atoms with Crippen molar-refractivity contribution in [2.75, 3.05) is 7.05 Å². The minimum Gasteiger partial charge on any atom is -0.426 e. The quantitative estimate of drug-likeness (QED) is 0.472. The number of hydrogen-bond donors (Lipinski definition) is 0. The summed E-state index contributed by atoms with van der Waals surface area (Å²) in [7, 11) is 1.76. The number of ether oxygens (including phenoxy) is 1. The fraction of sp³-hybridized carbons (Fsp3) is 0.238. The van der Waals surface area contributed by atoms with Crippen LogP contribution < -0.4 is 4.74 Å². The first kappa shape index (κ1) is 18.5. The summed E-state index contributed by atoms with van der Waals surface area (Å²) in [5, 5.41) is 0. The van der Waals surface area contributed by atoms with Crippen LogP contribution in [0.1, 0.15) is 29.2 Å². The predicted octanol–water partition coefficient (Wildman–Crippen LogP) is 3.90. The first-order valence-corrected chi connectivity index (χ1v) is 8.13. The average molecular weight is 337 g/mol. The average Bonchev–Trinajstić information content (AvgIpc) is 2.54. The van der Waals surface area contributed by atoms with Crippen LogP contribution in [0.5, 0.6) is 5.75 Å². The van der Waals surface area contributed by atoms with Crippen molar-refractivity contribution in [3.8, 4) is 5.75 Å². The molecule has 0 aromatic heterocycles. The molecule has 0 radical (unpaired) electrons. The maximum atomic E-state index is 12.4. The van der Waals surface area contributed by atoms with Crippen LogP contribution in [0.3, 0.4) is 0 Å². The first-order valence-electron chi connectivity index (χ1n) is 8.13. The highest BCUT2D eigenvalue weighted by molar-refractivity contribution is 5.92. The monoisotopic (exact) mass is 337 g/mol. The van der Waals surface area contributed by atoms with Gasteiger partial charge >= 0.3 is 5.97 Å². The molecule has 25 heavy (non-hydrogen) atoms. The van der Waals surface area contributed by atoms with Crippen LogP contribution in [0, 0.1) is 13.8 Å². The van der Waals surface area contributed by atoms with E-state index >= 15 is 0 Å². The highest BCUT2D eigenvalue weighted by Gasteiger charge is 2.10. The molecule has 0 bridgehead atoms. The Balaban J connectivity index is 2.17. The van der Waals surface area contributed by atoms with Crippen molar-refractivity contribution in [2.45, 2.75) is 27.3 Å². The number of amides is 1. The van der Waals surface area contributed by atoms with Gasteiger partial charge in [-0.05, 0) is 42.7 Å². The van der Waals surface area contributed by atoms with Gasteiger partial charge in [-0.3, -0.25) is 9.59 Å². The lowest BCUT2D eigenvalue weighted by Gasteiger charge is -2.15. The molecule has 0 saturated carbocycles. The van der Waals surface area contributed by atoms with Crippen molar-refractivity contribution in [1.82, 2.24) is 4.90 Å². The molecule has 4 heteroatoms. The standard InChI is InChI=1S/C21H23NO3/c1-15-12-16(2)19(20(13-15)25-17(3)23)10-11-21(24)22(4)14-18-8-6-5-7-9-18/h5-13H,14H2,1-4H3/b11-10-. The lowest BCUT2D eigenvalue weighted by Crippen LogP contribution is -2.24. The third-order valence-corrected chi connectivity index (χ3v) is 3.78. The van der Waals surface area contributed by atoms with E-state index in [2.05, 4.69) is 0 Å². The summed E-state index contributed by atoms with van der Waals surface area (Å²) in [4.78, 5) is 25.3. The second-order valence-electron chi connectivity index (χ2n) is 6.10. The number of rotatable bonds is 5. The zero-order valence-electron chi connectivity index (χ0n) is 15.1. The minimum absolute atomic E-state index is 0.113. The van der Waals surface area contributed by atoms with E-state index in [9.17, 15) is 9.59 Å². The van der Waals surface area contributed by atoms with Gasteiger partial charge in [-0.1, -0.05) is 36.4 Å². The Labute approximate surface area is 148 Å². The SMILES string of the molecule is CC(=O)Oc1cc(C)cc(C)c1/C=C\C(=O)N(C)Cc1ccccc1. The van der Waals surface area contributed by atoms with Gasteiger partial charge in [-0.25, -0.2) is 0 Å². The summed E-state index contributed by atoms with van der Waals surface area (Å²) in [6, 6.07) is 13.6. The third kappa shape index (κ3) is 5.31. The summed E-state index contributed by atoms with van der Waals surface area (Å²) in [5.74, 6) is -0.0236. The zero-order valence-corrected chi connectivity index (χ0v) is 15.1. The van der Waals surface area contributed by atoms with E-state index in [1.54, 1.807) is 24.1 Å². The van der Waals surface area contributed by atoms with Crippen molar-refractivity contribution in [3.05, 3.63) is 70.8 Å². The Kier molecular flexibility index (Phi) is 6.12. The van der Waals surface area contributed by atoms with Crippen molar-refractivity contribution in [3.63, 3.8) is 0 Å². The van der Waals surface area contributed by atoms with Gasteiger partial charge < -0.3 is 9.64 Å². The topological polar surface area (TPSA) is 46.6 Å². The molecule has 0 aliphatic heterocycles. The van der Waals surface area contributed by atoms with Crippen molar-refractivity contribution in [1.29, 1.82) is 0 Å². The van der Waals surface area contributed by atoms with Crippen LogP contribution in [0.2, 0.25) is 0 Å². The fourth-order valence-corrected chi connectivity index (χ4v) is 2.61. The number of nitrogens with zero attached hydrogens (tertiary/aromatic N) is 1. The van der Waals surface area contributed by atoms with Crippen LogP contribution in [-0.4, -0.2) is 23.8 Å². The number of carbonyl (C=O) groups excluding carboxylic acids is 2. The Morgan fingerprint density at radius 2 is 1.80 bits per heavy atom. The lowest BCUT2D eigenvalue weighted by atomic mass is 10.0. The Hall–Kier alpha value is -2.88. The van der Waals surface area contributed by atoms with Gasteiger partial charge in [0.15, 0.2) is 0 Å². The normalized spacial score (nSPS) is 10.7. The molecule has 0 saturated heterocycles. The Morgan fingerprint density at radius 3 is 2.44 bits per heavy atom. The smallest absolute Gasteiger partial charge is 0.308 e. The van der Waals surface area contributed by atoms with Crippen LogP contribution in [0.15, 0.2) is 48.5 Å². The molecule has 0 fully saturated rings. The van der Waals surface area contributed by atoms with Gasteiger partial charge in [0, 0.05) is 32.2 Å². The molecule has 2 aromatic carbocycles. The molecule has 130 valence electrons. The molecule has 0 unspecified atom stereocenters. The summed E-state index contributed by atoms with van der Waals surface area (Å²) in [6.07, 6.45) is 3.21. The van der Waals surface area contributed by atoms with Crippen molar-refractivity contribution >= 4 is 18.0 Å². The van der Waals surface area contributed by atoms with Crippen molar-refractivity contribution < 1.29 is 14.3 Å². The van der Waals surface area contributed by atoms with E-state index in [4.69, 9.17) is 4.74 Å². The van der Waals surface area contributed by atoms with Gasteiger partial charge in [0.1, 0.15) is 5.75 Å². The Bertz CT molecular complexity index is 794. The van der Waals surface area contributed by atoms with Crippen molar-refractivity contribution in [2.24, 2.45) is 0 Å². The molecule has 2 rings (SSSR count). The highest BCUT2D eigenvalue weighted by atomic mass is 16.5. The molecule has 4 nitrogen and oxygen atoms in total. The van der Waals surface area contributed by atoms with Crippen LogP contribution in [0.4, 0.5) is 0 Å². The second kappa shape index (κ2) is 8.29. The fourth-order valence-electron chi connectivity index (χ4n) is 2.61. The van der Waals surface area contributed by atoms with E-state index in [1.165, 1.54) is 13.0 Å². The second-order valence-corrected chi connectivity index (χ2v) is 6.10. The van der Waals surface area contributed by atoms with Gasteiger partial charge in [0.05, 0.1) is 0 Å². The van der Waals surface area contributed by atoms with Crippen LogP contribution in [0.25, 0.3) is 6.08 Å². The number of benzene rings is 2. The largest absolute Gasteiger partial charge is 0.426 e. The molecular formula is C21H23NO3. The summed E-state index contributed by atoms with van der Waals surface area (Å²) >= 11 is 0. The molecule has 0 atom stereocenters. The van der Waals surface area contributed by atoms with Gasteiger partial charge in [-0.15, -0.1) is 0 Å². The van der Waals surface area contributed by atoms with Crippen LogP contribution in [-0.2, 0) is 16.1 Å². The summed E-state index contributed by atoms with van der Waals surface area (Å²) in [6.45, 7) is 5.77. The van der Waals surface area contributed by atoms with E-state index in [0.717, 1.165) is 22.3 Å². The first-order chi connectivity index (χ1) is 11.9.